The normalized spacial score (nSPS) is 12.5. The molecule has 8 heteroatoms. The third-order valence-electron chi connectivity index (χ3n) is 1.84. The molecule has 0 aliphatic heterocycles. The largest absolute Gasteiger partial charge is 0.365 e. The standard InChI is InChI=1S/C7H8BrF4N3/c1-2-15-4(3-8)13-14-6(15)7(11,12)5(9)10/h5H,2-3H2,1H3. The molecular weight excluding hydrogens is 282 g/mol. The van der Waals surface area contributed by atoms with Gasteiger partial charge in [0.15, 0.2) is 0 Å². The van der Waals surface area contributed by atoms with E-state index in [1.54, 1.807) is 6.92 Å². The van der Waals surface area contributed by atoms with Crippen LogP contribution in [0.1, 0.15) is 18.6 Å². The Labute approximate surface area is 91.6 Å². The Morgan fingerprint density at radius 1 is 1.40 bits per heavy atom. The van der Waals surface area contributed by atoms with Crippen LogP contribution in [0.15, 0.2) is 0 Å². The molecular formula is C7H8BrF4N3. The van der Waals surface area contributed by atoms with E-state index in [1.165, 1.54) is 0 Å². The molecule has 0 saturated carbocycles. The molecule has 0 amide bonds. The van der Waals surface area contributed by atoms with Crippen molar-refractivity contribution in [1.29, 1.82) is 0 Å². The SMILES string of the molecule is CCn1c(CBr)nnc1C(F)(F)C(F)F. The van der Waals surface area contributed by atoms with Gasteiger partial charge in [-0.15, -0.1) is 10.2 Å². The van der Waals surface area contributed by atoms with Crippen LogP contribution in [0, 0.1) is 0 Å². The van der Waals surface area contributed by atoms with E-state index in [-0.39, 0.29) is 17.7 Å². The van der Waals surface area contributed by atoms with Gasteiger partial charge in [0.2, 0.25) is 5.82 Å². The number of aromatic nitrogens is 3. The Bertz CT molecular complexity index is 339. The molecule has 0 aliphatic carbocycles. The molecule has 0 radical (unpaired) electrons. The maximum Gasteiger partial charge on any atom is 0.365 e. The molecule has 0 saturated heterocycles. The molecule has 1 aromatic rings. The Morgan fingerprint density at radius 2 is 2.00 bits per heavy atom. The number of hydrogen-bond donors (Lipinski definition) is 0. The summed E-state index contributed by atoms with van der Waals surface area (Å²) in [6.45, 7) is 1.67. The third-order valence-corrected chi connectivity index (χ3v) is 2.34. The Kier molecular flexibility index (Phi) is 3.69. The monoisotopic (exact) mass is 289 g/mol. The van der Waals surface area contributed by atoms with Crippen LogP contribution in [0.4, 0.5) is 17.6 Å². The molecule has 0 bridgehead atoms. The molecule has 0 spiro atoms. The zero-order valence-electron chi connectivity index (χ0n) is 7.72. The van der Waals surface area contributed by atoms with Gasteiger partial charge in [0.05, 0.1) is 5.33 Å². The molecule has 0 aliphatic rings. The van der Waals surface area contributed by atoms with Gasteiger partial charge < -0.3 is 4.57 Å². The summed E-state index contributed by atoms with van der Waals surface area (Å²) in [5.41, 5.74) is 0. The van der Waals surface area contributed by atoms with Crippen LogP contribution in [0.5, 0.6) is 0 Å². The highest BCUT2D eigenvalue weighted by Crippen LogP contribution is 2.33. The van der Waals surface area contributed by atoms with Crippen LogP contribution in [-0.4, -0.2) is 21.2 Å². The minimum absolute atomic E-state index is 0.117. The summed E-state index contributed by atoms with van der Waals surface area (Å²) in [6, 6.07) is 0. The fourth-order valence-electron chi connectivity index (χ4n) is 1.11. The van der Waals surface area contributed by atoms with Crippen LogP contribution in [-0.2, 0) is 17.8 Å². The number of nitrogens with zero attached hydrogens (tertiary/aromatic N) is 3. The summed E-state index contributed by atoms with van der Waals surface area (Å²) in [5, 5.41) is 6.70. The molecule has 1 heterocycles. The van der Waals surface area contributed by atoms with E-state index < -0.39 is 18.2 Å². The van der Waals surface area contributed by atoms with Crippen LogP contribution in [0.25, 0.3) is 0 Å². The van der Waals surface area contributed by atoms with Crippen molar-refractivity contribution in [1.82, 2.24) is 14.8 Å². The molecule has 3 nitrogen and oxygen atoms in total. The van der Waals surface area contributed by atoms with E-state index >= 15 is 0 Å². The molecule has 0 aromatic carbocycles. The van der Waals surface area contributed by atoms with Crippen molar-refractivity contribution in [3.8, 4) is 0 Å². The summed E-state index contributed by atoms with van der Waals surface area (Å²) in [4.78, 5) is 0. The van der Waals surface area contributed by atoms with E-state index in [0.29, 0.717) is 0 Å². The van der Waals surface area contributed by atoms with Crippen molar-refractivity contribution >= 4 is 15.9 Å². The van der Waals surface area contributed by atoms with Crippen molar-refractivity contribution in [3.05, 3.63) is 11.6 Å². The van der Waals surface area contributed by atoms with Crippen LogP contribution >= 0.6 is 15.9 Å². The minimum atomic E-state index is -4.26. The van der Waals surface area contributed by atoms with Crippen molar-refractivity contribution in [2.24, 2.45) is 0 Å². The Balaban J connectivity index is 3.19. The summed E-state index contributed by atoms with van der Waals surface area (Å²) in [5.74, 6) is -5.05. The Morgan fingerprint density at radius 3 is 2.40 bits per heavy atom. The van der Waals surface area contributed by atoms with Crippen molar-refractivity contribution in [2.45, 2.75) is 31.1 Å². The van der Waals surface area contributed by atoms with Gasteiger partial charge in [-0.05, 0) is 6.92 Å². The van der Waals surface area contributed by atoms with Crippen LogP contribution in [0.3, 0.4) is 0 Å². The lowest BCUT2D eigenvalue weighted by molar-refractivity contribution is -0.143. The molecule has 1 aromatic heterocycles. The van der Waals surface area contributed by atoms with Gasteiger partial charge in [0.25, 0.3) is 0 Å². The van der Waals surface area contributed by atoms with Crippen LogP contribution in [0.2, 0.25) is 0 Å². The highest BCUT2D eigenvalue weighted by molar-refractivity contribution is 9.08. The van der Waals surface area contributed by atoms with E-state index in [2.05, 4.69) is 26.1 Å². The third kappa shape index (κ3) is 2.14. The van der Waals surface area contributed by atoms with E-state index in [4.69, 9.17) is 0 Å². The lowest BCUT2D eigenvalue weighted by Crippen LogP contribution is -2.28. The first kappa shape index (κ1) is 12.4. The van der Waals surface area contributed by atoms with Crippen LogP contribution < -0.4 is 0 Å². The molecule has 0 atom stereocenters. The first-order valence-electron chi connectivity index (χ1n) is 4.09. The molecule has 1 rings (SSSR count). The van der Waals surface area contributed by atoms with Gasteiger partial charge in [0.1, 0.15) is 5.82 Å². The quantitative estimate of drug-likeness (QED) is 0.630. The fraction of sp³-hybridized carbons (Fsp3) is 0.714. The molecule has 0 N–H and O–H groups in total. The maximum absolute atomic E-state index is 13.0. The molecule has 0 unspecified atom stereocenters. The zero-order valence-corrected chi connectivity index (χ0v) is 9.31. The lowest BCUT2D eigenvalue weighted by atomic mass is 10.3. The van der Waals surface area contributed by atoms with Gasteiger partial charge in [-0.25, -0.2) is 8.78 Å². The van der Waals surface area contributed by atoms with Crippen molar-refractivity contribution in [2.75, 3.05) is 0 Å². The van der Waals surface area contributed by atoms with Gasteiger partial charge in [0, 0.05) is 6.54 Å². The molecule has 0 fully saturated rings. The highest BCUT2D eigenvalue weighted by Gasteiger charge is 2.47. The second kappa shape index (κ2) is 4.46. The maximum atomic E-state index is 13.0. The van der Waals surface area contributed by atoms with Crippen molar-refractivity contribution in [3.63, 3.8) is 0 Å². The topological polar surface area (TPSA) is 30.7 Å². The van der Waals surface area contributed by atoms with E-state index in [9.17, 15) is 17.6 Å². The lowest BCUT2D eigenvalue weighted by Gasteiger charge is -2.15. The van der Waals surface area contributed by atoms with Gasteiger partial charge in [-0.2, -0.15) is 8.78 Å². The summed E-state index contributed by atoms with van der Waals surface area (Å²) in [6.07, 6.45) is -3.78. The van der Waals surface area contributed by atoms with Gasteiger partial charge >= 0.3 is 12.3 Å². The minimum Gasteiger partial charge on any atom is -0.309 e. The van der Waals surface area contributed by atoms with Gasteiger partial charge in [-0.3, -0.25) is 0 Å². The predicted molar refractivity (Wildman–Crippen MR) is 48.2 cm³/mol. The average Bonchev–Trinajstić information content (AvgIpc) is 2.60. The van der Waals surface area contributed by atoms with E-state index in [0.717, 1.165) is 4.57 Å². The zero-order chi connectivity index (χ0) is 11.6. The predicted octanol–water partition coefficient (Wildman–Crippen LogP) is 2.55. The fourth-order valence-corrected chi connectivity index (χ4v) is 1.53. The number of halogens is 5. The van der Waals surface area contributed by atoms with Gasteiger partial charge in [-0.1, -0.05) is 15.9 Å². The Hall–Kier alpha value is -0.660. The molecule has 15 heavy (non-hydrogen) atoms. The molecule has 86 valence electrons. The van der Waals surface area contributed by atoms with Crippen molar-refractivity contribution < 1.29 is 17.6 Å². The number of rotatable bonds is 4. The summed E-state index contributed by atoms with van der Waals surface area (Å²) >= 11 is 3.01. The summed E-state index contributed by atoms with van der Waals surface area (Å²) < 4.78 is 51.1. The highest BCUT2D eigenvalue weighted by atomic mass is 79.9. The van der Waals surface area contributed by atoms with E-state index in [1.807, 2.05) is 0 Å². The first-order chi connectivity index (χ1) is 6.95. The second-order valence-electron chi connectivity index (χ2n) is 2.74. The smallest absolute Gasteiger partial charge is 0.309 e. The second-order valence-corrected chi connectivity index (χ2v) is 3.30. The number of alkyl halides is 5. The number of hydrogen-bond acceptors (Lipinski definition) is 2. The average molecular weight is 290 g/mol. The first-order valence-corrected chi connectivity index (χ1v) is 5.21. The summed E-state index contributed by atoms with van der Waals surface area (Å²) in [7, 11) is 0.